The molecule has 3 heterocycles. The van der Waals surface area contributed by atoms with Crippen LogP contribution >= 0.6 is 22.9 Å². The summed E-state index contributed by atoms with van der Waals surface area (Å²) in [4.78, 5) is 2.48. The molecule has 1 atom stereocenters. The molecule has 1 saturated carbocycles. The minimum absolute atomic E-state index is 0.319. The summed E-state index contributed by atoms with van der Waals surface area (Å²) in [5.74, 6) is 0.728. The van der Waals surface area contributed by atoms with Gasteiger partial charge in [0, 0.05) is 17.0 Å². The van der Waals surface area contributed by atoms with Crippen LogP contribution in [-0.4, -0.2) is 30.4 Å². The topological polar surface area (TPSA) is 32.6 Å². The lowest BCUT2D eigenvalue weighted by atomic mass is 9.82. The van der Waals surface area contributed by atoms with Crippen molar-refractivity contribution in [1.29, 1.82) is 0 Å². The molecule has 37 heavy (non-hydrogen) atoms. The van der Waals surface area contributed by atoms with Crippen LogP contribution < -0.4 is 10.2 Å². The molecule has 1 aliphatic heterocycles. The molecule has 8 heteroatoms. The van der Waals surface area contributed by atoms with Gasteiger partial charge >= 0.3 is 7.48 Å². The first-order valence-electron chi connectivity index (χ1n) is 12.5. The zero-order valence-corrected chi connectivity index (χ0v) is 23.2. The fourth-order valence-corrected chi connectivity index (χ4v) is 6.11. The number of methoxy groups -OCH3 is 1. The molecule has 0 spiro atoms. The Morgan fingerprint density at radius 1 is 1.03 bits per heavy atom. The number of hydrogen-bond donors (Lipinski definition) is 0. The molecule has 1 radical (unpaired) electrons. The molecule has 1 unspecified atom stereocenters. The largest absolute Gasteiger partial charge is 0.464 e. The van der Waals surface area contributed by atoms with Crippen molar-refractivity contribution in [2.45, 2.75) is 63.9 Å². The number of thiophene rings is 1. The highest BCUT2D eigenvalue weighted by Crippen LogP contribution is 2.49. The average molecular weight is 537 g/mol. The molecule has 2 aromatic heterocycles. The Labute approximate surface area is 226 Å². The van der Waals surface area contributed by atoms with E-state index >= 15 is 4.39 Å². The summed E-state index contributed by atoms with van der Waals surface area (Å²) >= 11 is 8.00. The third-order valence-electron chi connectivity index (χ3n) is 7.93. The standard InChI is InChI=1S/C29H29BClFNO3S/c1-28(2,34-5)29(3,4)36-30-18-8-9-21-17(12-18)13-22-26-20(32)14-19(31)15-23(26)35-27(33(21)22)25-11-10-24(37-25)16-6-7-16/h8-16,27H,6-7H2,1-5H3. The first kappa shape index (κ1) is 25.0. The maximum atomic E-state index is 15.3. The van der Waals surface area contributed by atoms with Gasteiger partial charge in [0.2, 0.25) is 6.23 Å². The molecule has 2 aromatic carbocycles. The number of nitrogens with zero attached hydrogens (tertiary/aromatic N) is 1. The highest BCUT2D eigenvalue weighted by atomic mass is 35.5. The van der Waals surface area contributed by atoms with E-state index < -0.39 is 23.2 Å². The van der Waals surface area contributed by atoms with E-state index in [1.807, 2.05) is 45.9 Å². The Morgan fingerprint density at radius 2 is 1.78 bits per heavy atom. The van der Waals surface area contributed by atoms with Crippen LogP contribution in [0.5, 0.6) is 5.75 Å². The molecule has 1 fully saturated rings. The maximum Gasteiger partial charge on any atom is 0.330 e. The summed E-state index contributed by atoms with van der Waals surface area (Å²) in [5.41, 5.74) is 2.06. The molecule has 4 aromatic rings. The van der Waals surface area contributed by atoms with E-state index in [-0.39, 0.29) is 0 Å². The molecule has 1 aliphatic carbocycles. The minimum atomic E-state index is -0.546. The fourth-order valence-electron chi connectivity index (χ4n) is 4.71. The van der Waals surface area contributed by atoms with Crippen LogP contribution in [0.3, 0.4) is 0 Å². The fraction of sp³-hybridized carbons (Fsp3) is 0.379. The minimum Gasteiger partial charge on any atom is -0.464 e. The summed E-state index contributed by atoms with van der Waals surface area (Å²) in [6.45, 7) is 8.02. The zero-order chi connectivity index (χ0) is 26.1. The van der Waals surface area contributed by atoms with Crippen LogP contribution in [-0.2, 0) is 9.39 Å². The Bertz CT molecular complexity index is 1510. The van der Waals surface area contributed by atoms with Crippen molar-refractivity contribution in [3.8, 4) is 17.0 Å². The smallest absolute Gasteiger partial charge is 0.330 e. The molecule has 0 saturated heterocycles. The van der Waals surface area contributed by atoms with Crippen molar-refractivity contribution >= 4 is 46.8 Å². The van der Waals surface area contributed by atoms with E-state index in [0.717, 1.165) is 26.9 Å². The van der Waals surface area contributed by atoms with Gasteiger partial charge in [-0.1, -0.05) is 29.2 Å². The number of hydrogen-bond acceptors (Lipinski definition) is 4. The number of rotatable bonds is 7. The van der Waals surface area contributed by atoms with E-state index in [1.54, 1.807) is 32.0 Å². The highest BCUT2D eigenvalue weighted by Gasteiger charge is 2.38. The number of benzene rings is 2. The van der Waals surface area contributed by atoms with Crippen LogP contribution in [0.4, 0.5) is 4.39 Å². The highest BCUT2D eigenvalue weighted by molar-refractivity contribution is 7.12. The molecule has 6 rings (SSSR count). The van der Waals surface area contributed by atoms with Crippen LogP contribution in [0.15, 0.2) is 48.5 Å². The SMILES string of the molecule is COC(C)(C)C(C)(C)O[B]c1ccc2c(c1)cc1n2C(c2ccc(C3CC3)s2)Oc2cc(Cl)cc(F)c2-1. The van der Waals surface area contributed by atoms with E-state index in [2.05, 4.69) is 22.8 Å². The van der Waals surface area contributed by atoms with Gasteiger partial charge in [-0.15, -0.1) is 11.3 Å². The van der Waals surface area contributed by atoms with Crippen molar-refractivity contribution < 1.29 is 18.5 Å². The van der Waals surface area contributed by atoms with Gasteiger partial charge in [0.15, 0.2) is 0 Å². The second-order valence-corrected chi connectivity index (χ2v) is 12.5. The molecule has 191 valence electrons. The van der Waals surface area contributed by atoms with Crippen molar-refractivity contribution in [2.24, 2.45) is 0 Å². The van der Waals surface area contributed by atoms with Gasteiger partial charge in [0.1, 0.15) is 11.6 Å². The van der Waals surface area contributed by atoms with Crippen molar-refractivity contribution in [1.82, 2.24) is 4.57 Å². The second-order valence-electron chi connectivity index (χ2n) is 10.9. The van der Waals surface area contributed by atoms with E-state index in [4.69, 9.17) is 25.7 Å². The first-order valence-corrected chi connectivity index (χ1v) is 13.7. The quantitative estimate of drug-likeness (QED) is 0.230. The molecular weight excluding hydrogens is 508 g/mol. The molecule has 4 nitrogen and oxygen atoms in total. The maximum absolute atomic E-state index is 15.3. The summed E-state index contributed by atoms with van der Waals surface area (Å²) in [5, 5.41) is 1.30. The summed E-state index contributed by atoms with van der Waals surface area (Å²) in [6, 6.07) is 15.5. The van der Waals surface area contributed by atoms with Gasteiger partial charge in [-0.05, 0) is 88.2 Å². The summed E-state index contributed by atoms with van der Waals surface area (Å²) < 4.78 is 35.6. The normalized spacial score (nSPS) is 17.4. The van der Waals surface area contributed by atoms with Gasteiger partial charge in [0.05, 0.1) is 32.9 Å². The molecule has 0 amide bonds. The van der Waals surface area contributed by atoms with Crippen LogP contribution in [0, 0.1) is 5.82 Å². The third-order valence-corrected chi connectivity index (χ3v) is 9.43. The third kappa shape index (κ3) is 4.30. The average Bonchev–Trinajstić information content (AvgIpc) is 3.46. The number of ether oxygens (including phenoxy) is 2. The Hall–Kier alpha value is -2.32. The van der Waals surface area contributed by atoms with Gasteiger partial charge in [0.25, 0.3) is 0 Å². The monoisotopic (exact) mass is 536 g/mol. The zero-order valence-electron chi connectivity index (χ0n) is 21.6. The number of fused-ring (bicyclic) bond motifs is 5. The predicted molar refractivity (Wildman–Crippen MR) is 149 cm³/mol. The Kier molecular flexibility index (Phi) is 5.99. The molecule has 0 N–H and O–H groups in total. The van der Waals surface area contributed by atoms with Crippen molar-refractivity contribution in [2.75, 3.05) is 7.11 Å². The number of halogens is 2. The van der Waals surface area contributed by atoms with Crippen LogP contribution in [0.2, 0.25) is 5.02 Å². The van der Waals surface area contributed by atoms with Gasteiger partial charge in [-0.2, -0.15) is 0 Å². The Morgan fingerprint density at radius 3 is 2.51 bits per heavy atom. The van der Waals surface area contributed by atoms with Crippen LogP contribution in [0.25, 0.3) is 22.2 Å². The van der Waals surface area contributed by atoms with Crippen molar-refractivity contribution in [3.05, 3.63) is 69.1 Å². The van der Waals surface area contributed by atoms with Crippen molar-refractivity contribution in [3.63, 3.8) is 0 Å². The van der Waals surface area contributed by atoms with E-state index in [9.17, 15) is 0 Å². The summed E-state index contributed by atoms with van der Waals surface area (Å²) in [7, 11) is 3.45. The first-order chi connectivity index (χ1) is 17.6. The lowest BCUT2D eigenvalue weighted by Crippen LogP contribution is -2.50. The van der Waals surface area contributed by atoms with E-state index in [1.165, 1.54) is 23.8 Å². The molecular formula is C29H29BClFNO3S. The van der Waals surface area contributed by atoms with Gasteiger partial charge in [-0.25, -0.2) is 4.39 Å². The lowest BCUT2D eigenvalue weighted by Gasteiger charge is -2.40. The van der Waals surface area contributed by atoms with Gasteiger partial charge in [-0.3, -0.25) is 4.57 Å². The molecule has 2 aliphatic rings. The Balaban J connectivity index is 1.42. The predicted octanol–water partition coefficient (Wildman–Crippen LogP) is 7.44. The number of aromatic nitrogens is 1. The van der Waals surface area contributed by atoms with E-state index in [0.29, 0.717) is 22.3 Å². The lowest BCUT2D eigenvalue weighted by molar-refractivity contribution is -0.114. The second kappa shape index (κ2) is 8.87. The van der Waals surface area contributed by atoms with Gasteiger partial charge < -0.3 is 14.1 Å². The molecule has 0 bridgehead atoms. The summed E-state index contributed by atoms with van der Waals surface area (Å²) in [6.07, 6.45) is 2.09. The van der Waals surface area contributed by atoms with Crippen LogP contribution in [0.1, 0.15) is 62.4 Å².